The third-order valence-corrected chi connectivity index (χ3v) is 1.48. The molecule has 2 atom stereocenters. The average Bonchev–Trinajstić information content (AvgIpc) is 2.32. The van der Waals surface area contributed by atoms with Gasteiger partial charge in [-0.3, -0.25) is 0 Å². The van der Waals surface area contributed by atoms with E-state index in [-0.39, 0.29) is 23.1 Å². The summed E-state index contributed by atoms with van der Waals surface area (Å²) in [6.45, 7) is -0.671. The van der Waals surface area contributed by atoms with Gasteiger partial charge in [-0.2, -0.15) is 0 Å². The Bertz CT molecular complexity index is 237. The zero-order chi connectivity index (χ0) is 9.30. The molecule has 0 aromatic heterocycles. The number of hydrogen-bond donors (Lipinski definition) is 4. The van der Waals surface area contributed by atoms with Crippen LogP contribution >= 0.6 is 0 Å². The Morgan fingerprint density at radius 1 is 1.46 bits per heavy atom. The molecule has 7 heteroatoms. The van der Waals surface area contributed by atoms with Crippen molar-refractivity contribution in [1.82, 2.24) is 0 Å². The minimum absolute atomic E-state index is 0. The van der Waals surface area contributed by atoms with E-state index in [0.29, 0.717) is 0 Å². The molecular weight excluding hydrogens is 192 g/mol. The van der Waals surface area contributed by atoms with E-state index >= 15 is 0 Å². The van der Waals surface area contributed by atoms with Gasteiger partial charge in [0.15, 0.2) is 11.9 Å². The third-order valence-electron chi connectivity index (χ3n) is 1.48. The van der Waals surface area contributed by atoms with Crippen molar-refractivity contribution < 1.29 is 30.0 Å². The van der Waals surface area contributed by atoms with Crippen molar-refractivity contribution in [3.63, 3.8) is 0 Å². The second-order valence-electron chi connectivity index (χ2n) is 2.31. The zero-order valence-electron chi connectivity index (χ0n) is 6.67. The second-order valence-corrected chi connectivity index (χ2v) is 2.31. The molecule has 1 rings (SSSR count). The number of hydrogen-bond acceptors (Lipinski definition) is 6. The Balaban J connectivity index is 0.00000144. The number of aliphatic hydroxyl groups excluding tert-OH is 4. The Labute approximate surface area is 89.6 Å². The summed E-state index contributed by atoms with van der Waals surface area (Å²) < 4.78 is 4.32. The third kappa shape index (κ3) is 2.24. The Morgan fingerprint density at radius 3 is 2.31 bits per heavy atom. The largest absolute Gasteiger partial charge is 2.00 e. The van der Waals surface area contributed by atoms with Gasteiger partial charge in [-0.15, -0.1) is 0 Å². The number of carbonyl (C=O) groups excluding carboxylic acids is 1. The number of cyclic esters (lactones) is 1. The van der Waals surface area contributed by atoms with Crippen LogP contribution in [0.1, 0.15) is 0 Å². The monoisotopic (exact) mass is 200 g/mol. The van der Waals surface area contributed by atoms with Crippen LogP contribution in [-0.2, 0) is 9.53 Å². The summed E-state index contributed by atoms with van der Waals surface area (Å²) in [6.07, 6.45) is -2.78. The van der Waals surface area contributed by atoms with Gasteiger partial charge in [-0.05, 0) is 0 Å². The minimum Gasteiger partial charge on any atom is -0.505 e. The van der Waals surface area contributed by atoms with Crippen LogP contribution in [0, 0.1) is 0 Å². The topological polar surface area (TPSA) is 107 Å². The van der Waals surface area contributed by atoms with Crippen molar-refractivity contribution in [3.05, 3.63) is 11.5 Å². The molecule has 0 aromatic carbocycles. The first-order valence-corrected chi connectivity index (χ1v) is 3.20. The fourth-order valence-electron chi connectivity index (χ4n) is 0.823. The summed E-state index contributed by atoms with van der Waals surface area (Å²) in [7, 11) is 0. The van der Waals surface area contributed by atoms with Gasteiger partial charge in [0, 0.05) is 0 Å². The predicted octanol–water partition coefficient (Wildman–Crippen LogP) is -1.79. The molecule has 13 heavy (non-hydrogen) atoms. The van der Waals surface area contributed by atoms with Gasteiger partial charge in [0.05, 0.1) is 6.61 Å². The van der Waals surface area contributed by atoms with E-state index in [1.54, 1.807) is 0 Å². The Morgan fingerprint density at radius 2 is 2.00 bits per heavy atom. The van der Waals surface area contributed by atoms with Crippen LogP contribution in [0.4, 0.5) is 0 Å². The number of esters is 1. The van der Waals surface area contributed by atoms with Gasteiger partial charge < -0.3 is 25.2 Å². The summed E-state index contributed by atoms with van der Waals surface area (Å²) in [5.41, 5.74) is 0. The van der Waals surface area contributed by atoms with Crippen LogP contribution in [0.25, 0.3) is 0 Å². The van der Waals surface area contributed by atoms with E-state index in [2.05, 4.69) is 4.74 Å². The van der Waals surface area contributed by atoms with Crippen molar-refractivity contribution in [2.24, 2.45) is 0 Å². The van der Waals surface area contributed by atoms with Gasteiger partial charge in [0.25, 0.3) is 0 Å². The summed E-state index contributed by atoms with van der Waals surface area (Å²) in [6, 6.07) is 0. The molecule has 0 bridgehead atoms. The number of aliphatic hydroxyl groups is 4. The summed E-state index contributed by atoms with van der Waals surface area (Å²) in [4.78, 5) is 10.5. The maximum Gasteiger partial charge on any atom is 2.00 e. The van der Waals surface area contributed by atoms with E-state index in [9.17, 15) is 4.79 Å². The van der Waals surface area contributed by atoms with Crippen molar-refractivity contribution in [2.75, 3.05) is 6.61 Å². The van der Waals surface area contributed by atoms with Crippen LogP contribution in [-0.4, -0.2) is 68.3 Å². The van der Waals surface area contributed by atoms with E-state index in [0.717, 1.165) is 0 Å². The molecule has 4 N–H and O–H groups in total. The van der Waals surface area contributed by atoms with Crippen molar-refractivity contribution in [2.45, 2.75) is 12.2 Å². The van der Waals surface area contributed by atoms with Gasteiger partial charge in [0.2, 0.25) is 5.76 Å². The predicted molar refractivity (Wildman–Crippen MR) is 41.0 cm³/mol. The summed E-state index contributed by atoms with van der Waals surface area (Å²) >= 11 is 0. The van der Waals surface area contributed by atoms with Gasteiger partial charge in [-0.25, -0.2) is 4.79 Å². The molecule has 1 aliphatic rings. The molecule has 0 unspecified atom stereocenters. The van der Waals surface area contributed by atoms with Crippen LogP contribution in [0.15, 0.2) is 11.5 Å². The number of ether oxygens (including phenoxy) is 1. The molecule has 0 saturated carbocycles. The van der Waals surface area contributed by atoms with Crippen LogP contribution in [0.5, 0.6) is 0 Å². The van der Waals surface area contributed by atoms with Crippen molar-refractivity contribution in [1.29, 1.82) is 0 Å². The standard InChI is InChI=1S/C6H8O6.Mg/c7-1-2(8)5-3(9)4(10)6(11)12-5;/h2,5,7-10H,1H2;/q;+2/t2-,5+;/m0./s1. The van der Waals surface area contributed by atoms with Crippen LogP contribution in [0.3, 0.4) is 0 Å². The molecule has 1 aliphatic heterocycles. The Hall–Kier alpha value is -0.504. The quantitative estimate of drug-likeness (QED) is 0.310. The van der Waals surface area contributed by atoms with Gasteiger partial charge in [-0.1, -0.05) is 0 Å². The van der Waals surface area contributed by atoms with Crippen LogP contribution < -0.4 is 0 Å². The molecule has 0 radical (unpaired) electrons. The Kier molecular flexibility index (Phi) is 4.47. The van der Waals surface area contributed by atoms with Crippen molar-refractivity contribution >= 4 is 29.0 Å². The van der Waals surface area contributed by atoms with E-state index in [1.807, 2.05) is 0 Å². The SMILES string of the molecule is O=C1O[C@H]([C@@H](O)CO)C(O)=C1O.[Mg+2]. The molecule has 0 amide bonds. The smallest absolute Gasteiger partial charge is 0.505 e. The normalized spacial score (nSPS) is 23.8. The molecule has 0 fully saturated rings. The van der Waals surface area contributed by atoms with Gasteiger partial charge >= 0.3 is 29.0 Å². The van der Waals surface area contributed by atoms with Gasteiger partial charge in [0.1, 0.15) is 6.10 Å². The second kappa shape index (κ2) is 4.65. The first kappa shape index (κ1) is 12.5. The maximum absolute atomic E-state index is 10.5. The molecule has 6 nitrogen and oxygen atoms in total. The zero-order valence-corrected chi connectivity index (χ0v) is 8.09. The molecule has 1 heterocycles. The fourth-order valence-corrected chi connectivity index (χ4v) is 0.823. The van der Waals surface area contributed by atoms with Crippen LogP contribution in [0.2, 0.25) is 0 Å². The molecule has 68 valence electrons. The number of rotatable bonds is 2. The van der Waals surface area contributed by atoms with E-state index in [4.69, 9.17) is 20.4 Å². The fraction of sp³-hybridized carbons (Fsp3) is 0.500. The van der Waals surface area contributed by atoms with Crippen molar-refractivity contribution in [3.8, 4) is 0 Å². The number of carbonyl (C=O) groups is 1. The first-order valence-electron chi connectivity index (χ1n) is 3.20. The molecule has 0 aromatic rings. The molecular formula is C6H8MgO6+2. The average molecular weight is 200 g/mol. The van der Waals surface area contributed by atoms with E-state index < -0.39 is 36.3 Å². The van der Waals surface area contributed by atoms with E-state index in [1.165, 1.54) is 0 Å². The molecule has 0 spiro atoms. The summed E-state index contributed by atoms with van der Waals surface area (Å²) in [5.74, 6) is -2.78. The summed E-state index contributed by atoms with van der Waals surface area (Å²) in [5, 5.41) is 35.0. The first-order chi connectivity index (χ1) is 5.57. The molecule has 0 aliphatic carbocycles. The molecule has 0 saturated heterocycles. The minimum atomic E-state index is -1.42. The maximum atomic E-state index is 10.5.